The molecule has 0 radical (unpaired) electrons. The molecular weight excluding hydrogens is 337 g/mol. The SMILES string of the molecule is CC1CCCN(c2ccc(S(=O)(=O)C(F)(F)F)cc2[N+](=O)[O-])C1. The summed E-state index contributed by atoms with van der Waals surface area (Å²) >= 11 is 0. The van der Waals surface area contributed by atoms with Crippen LogP contribution in [0, 0.1) is 16.0 Å². The fourth-order valence-electron chi connectivity index (χ4n) is 2.63. The van der Waals surface area contributed by atoms with Crippen LogP contribution in [-0.2, 0) is 9.84 Å². The highest BCUT2D eigenvalue weighted by Gasteiger charge is 2.47. The first-order valence-electron chi connectivity index (χ1n) is 6.89. The van der Waals surface area contributed by atoms with E-state index in [2.05, 4.69) is 0 Å². The Bertz CT molecular complexity index is 718. The molecule has 1 heterocycles. The van der Waals surface area contributed by atoms with Gasteiger partial charge in [-0.15, -0.1) is 0 Å². The van der Waals surface area contributed by atoms with E-state index in [1.807, 2.05) is 6.92 Å². The molecule has 6 nitrogen and oxygen atoms in total. The summed E-state index contributed by atoms with van der Waals surface area (Å²) in [4.78, 5) is 10.9. The quantitative estimate of drug-likeness (QED) is 0.617. The maximum absolute atomic E-state index is 12.6. The fraction of sp³-hybridized carbons (Fsp3) is 0.538. The lowest BCUT2D eigenvalue weighted by Gasteiger charge is -2.32. The Labute approximate surface area is 131 Å². The first-order valence-corrected chi connectivity index (χ1v) is 8.37. The lowest BCUT2D eigenvalue weighted by Crippen LogP contribution is -2.34. The number of benzene rings is 1. The van der Waals surface area contributed by atoms with E-state index >= 15 is 0 Å². The van der Waals surface area contributed by atoms with Gasteiger partial charge in [0.25, 0.3) is 15.5 Å². The molecule has 0 N–H and O–H groups in total. The lowest BCUT2D eigenvalue weighted by atomic mass is 9.99. The van der Waals surface area contributed by atoms with Crippen molar-refractivity contribution in [1.29, 1.82) is 0 Å². The zero-order chi connectivity index (χ0) is 17.4. The van der Waals surface area contributed by atoms with Gasteiger partial charge in [0, 0.05) is 19.2 Å². The molecule has 1 aliphatic rings. The summed E-state index contributed by atoms with van der Waals surface area (Å²) in [6, 6.07) is 2.33. The molecular formula is C13H15F3N2O4S. The summed E-state index contributed by atoms with van der Waals surface area (Å²) in [6.07, 6.45) is 1.77. The average molecular weight is 352 g/mol. The topological polar surface area (TPSA) is 80.5 Å². The summed E-state index contributed by atoms with van der Waals surface area (Å²) in [7, 11) is -5.61. The Morgan fingerprint density at radius 1 is 1.35 bits per heavy atom. The molecule has 1 fully saturated rings. The van der Waals surface area contributed by atoms with Gasteiger partial charge in [0.1, 0.15) is 5.69 Å². The van der Waals surface area contributed by atoms with E-state index in [-0.39, 0.29) is 5.69 Å². The molecule has 1 saturated heterocycles. The van der Waals surface area contributed by atoms with Crippen LogP contribution in [0.25, 0.3) is 0 Å². The molecule has 1 unspecified atom stereocenters. The summed E-state index contributed by atoms with van der Waals surface area (Å²) < 4.78 is 60.6. The van der Waals surface area contributed by atoms with E-state index < -0.39 is 30.9 Å². The van der Waals surface area contributed by atoms with Gasteiger partial charge in [-0.1, -0.05) is 6.92 Å². The van der Waals surface area contributed by atoms with Gasteiger partial charge in [-0.25, -0.2) is 8.42 Å². The minimum atomic E-state index is -5.61. The summed E-state index contributed by atoms with van der Waals surface area (Å²) in [6.45, 7) is 3.04. The molecule has 1 atom stereocenters. The third-order valence-corrected chi connectivity index (χ3v) is 5.24. The molecule has 0 saturated carbocycles. The average Bonchev–Trinajstić information content (AvgIpc) is 2.45. The molecule has 0 spiro atoms. The summed E-state index contributed by atoms with van der Waals surface area (Å²) in [5, 5.41) is 11.2. The van der Waals surface area contributed by atoms with E-state index in [4.69, 9.17) is 0 Å². The van der Waals surface area contributed by atoms with Crippen LogP contribution in [0.15, 0.2) is 23.1 Å². The number of rotatable bonds is 3. The molecule has 0 aliphatic carbocycles. The summed E-state index contributed by atoms with van der Waals surface area (Å²) in [5.41, 5.74) is -5.99. The predicted molar refractivity (Wildman–Crippen MR) is 76.9 cm³/mol. The van der Waals surface area contributed by atoms with Crippen molar-refractivity contribution < 1.29 is 26.5 Å². The highest BCUT2D eigenvalue weighted by Crippen LogP contribution is 2.37. The number of alkyl halides is 3. The van der Waals surface area contributed by atoms with Crippen molar-refractivity contribution in [3.05, 3.63) is 28.3 Å². The molecule has 10 heteroatoms. The van der Waals surface area contributed by atoms with Gasteiger partial charge in [-0.2, -0.15) is 13.2 Å². The van der Waals surface area contributed by atoms with Gasteiger partial charge < -0.3 is 4.90 Å². The second-order valence-corrected chi connectivity index (χ2v) is 7.49. The number of piperidine rings is 1. The van der Waals surface area contributed by atoms with Crippen LogP contribution in [-0.4, -0.2) is 31.9 Å². The van der Waals surface area contributed by atoms with E-state index in [1.54, 1.807) is 4.90 Å². The third kappa shape index (κ3) is 3.41. The Balaban J connectivity index is 2.50. The van der Waals surface area contributed by atoms with Gasteiger partial charge in [-0.05, 0) is 30.9 Å². The van der Waals surface area contributed by atoms with Crippen molar-refractivity contribution in [2.24, 2.45) is 5.92 Å². The van der Waals surface area contributed by atoms with E-state index in [0.29, 0.717) is 25.1 Å². The fourth-order valence-corrected chi connectivity index (χ4v) is 3.41. The monoisotopic (exact) mass is 352 g/mol. The Hall–Kier alpha value is -1.84. The van der Waals surface area contributed by atoms with Crippen molar-refractivity contribution >= 4 is 21.2 Å². The first kappa shape index (κ1) is 17.5. The van der Waals surface area contributed by atoms with Crippen molar-refractivity contribution in [3.8, 4) is 0 Å². The second kappa shape index (κ2) is 5.99. The van der Waals surface area contributed by atoms with Crippen molar-refractivity contribution in [2.75, 3.05) is 18.0 Å². The third-order valence-electron chi connectivity index (χ3n) is 3.76. The number of halogens is 3. The molecule has 2 rings (SSSR count). The largest absolute Gasteiger partial charge is 0.501 e. The van der Waals surface area contributed by atoms with Gasteiger partial charge in [0.05, 0.1) is 9.82 Å². The zero-order valence-corrected chi connectivity index (χ0v) is 13.0. The van der Waals surface area contributed by atoms with E-state index in [1.165, 1.54) is 0 Å². The van der Waals surface area contributed by atoms with Gasteiger partial charge in [0.2, 0.25) is 0 Å². The smallest absolute Gasteiger partial charge is 0.366 e. The number of sulfone groups is 1. The number of anilines is 1. The lowest BCUT2D eigenvalue weighted by molar-refractivity contribution is -0.384. The van der Waals surface area contributed by atoms with Crippen LogP contribution in [0.2, 0.25) is 0 Å². The van der Waals surface area contributed by atoms with Crippen molar-refractivity contribution in [3.63, 3.8) is 0 Å². The number of nitro groups is 1. The van der Waals surface area contributed by atoms with Crippen molar-refractivity contribution in [1.82, 2.24) is 0 Å². The van der Waals surface area contributed by atoms with Gasteiger partial charge in [0.15, 0.2) is 0 Å². The molecule has 0 aromatic heterocycles. The molecule has 0 bridgehead atoms. The number of hydrogen-bond acceptors (Lipinski definition) is 5. The Morgan fingerprint density at radius 2 is 2.00 bits per heavy atom. The molecule has 128 valence electrons. The van der Waals surface area contributed by atoms with Crippen molar-refractivity contribution in [2.45, 2.75) is 30.2 Å². The molecule has 1 aliphatic heterocycles. The van der Waals surface area contributed by atoms with Crippen LogP contribution >= 0.6 is 0 Å². The van der Waals surface area contributed by atoms with Crippen LogP contribution in [0.1, 0.15) is 19.8 Å². The zero-order valence-electron chi connectivity index (χ0n) is 12.2. The van der Waals surface area contributed by atoms with Crippen LogP contribution in [0.3, 0.4) is 0 Å². The molecule has 23 heavy (non-hydrogen) atoms. The highest BCUT2D eigenvalue weighted by atomic mass is 32.2. The number of hydrogen-bond donors (Lipinski definition) is 0. The summed E-state index contributed by atoms with van der Waals surface area (Å²) in [5.74, 6) is 0.293. The molecule has 1 aromatic rings. The van der Waals surface area contributed by atoms with Crippen LogP contribution in [0.5, 0.6) is 0 Å². The van der Waals surface area contributed by atoms with Crippen LogP contribution in [0.4, 0.5) is 24.5 Å². The van der Waals surface area contributed by atoms with E-state index in [0.717, 1.165) is 25.0 Å². The first-order chi connectivity index (χ1) is 10.5. The molecule has 1 aromatic carbocycles. The second-order valence-electron chi connectivity index (χ2n) is 5.55. The maximum Gasteiger partial charge on any atom is 0.501 e. The molecule has 0 amide bonds. The van der Waals surface area contributed by atoms with Gasteiger partial charge in [-0.3, -0.25) is 10.1 Å². The number of nitrogens with zero attached hydrogens (tertiary/aromatic N) is 2. The minimum absolute atomic E-state index is 0.141. The van der Waals surface area contributed by atoms with E-state index in [9.17, 15) is 31.7 Å². The normalized spacial score (nSPS) is 19.7. The standard InChI is InChI=1S/C13H15F3N2O4S/c1-9-3-2-6-17(8-9)11-5-4-10(7-12(11)18(19)20)23(21,22)13(14,15)16/h4-5,7,9H,2-3,6,8H2,1H3. The predicted octanol–water partition coefficient (Wildman–Crippen LogP) is 3.12. The number of nitro benzene ring substituents is 1. The van der Waals surface area contributed by atoms with Crippen LogP contribution < -0.4 is 4.90 Å². The minimum Gasteiger partial charge on any atom is -0.366 e. The highest BCUT2D eigenvalue weighted by molar-refractivity contribution is 7.92. The maximum atomic E-state index is 12.6. The Kier molecular flexibility index (Phi) is 4.56. The Morgan fingerprint density at radius 3 is 2.52 bits per heavy atom. The van der Waals surface area contributed by atoms with Gasteiger partial charge >= 0.3 is 5.51 Å².